The minimum atomic E-state index is -0.224. The van der Waals surface area contributed by atoms with Gasteiger partial charge < -0.3 is 9.30 Å². The topological polar surface area (TPSA) is 48.3 Å². The van der Waals surface area contributed by atoms with Gasteiger partial charge in [0.2, 0.25) is 0 Å². The summed E-state index contributed by atoms with van der Waals surface area (Å²) in [5.74, 6) is 0.102. The highest BCUT2D eigenvalue weighted by Crippen LogP contribution is 2.36. The lowest BCUT2D eigenvalue weighted by Gasteiger charge is -2.10. The molecule has 0 aliphatic heterocycles. The molecular formula is C13H11NO3. The van der Waals surface area contributed by atoms with E-state index in [-0.39, 0.29) is 17.4 Å². The van der Waals surface area contributed by atoms with Gasteiger partial charge in [0.15, 0.2) is 5.75 Å². The van der Waals surface area contributed by atoms with Crippen molar-refractivity contribution in [1.29, 1.82) is 0 Å². The summed E-state index contributed by atoms with van der Waals surface area (Å²) in [6, 6.07) is 9.49. The third-order valence-corrected chi connectivity index (χ3v) is 3.00. The van der Waals surface area contributed by atoms with E-state index < -0.39 is 0 Å². The van der Waals surface area contributed by atoms with E-state index in [0.717, 1.165) is 23.7 Å². The van der Waals surface area contributed by atoms with E-state index in [4.69, 9.17) is 4.74 Å². The van der Waals surface area contributed by atoms with Gasteiger partial charge in [0.1, 0.15) is 0 Å². The Labute approximate surface area is 97.4 Å². The van der Waals surface area contributed by atoms with Crippen molar-refractivity contribution in [3.8, 4) is 5.75 Å². The summed E-state index contributed by atoms with van der Waals surface area (Å²) >= 11 is 0. The minimum Gasteiger partial charge on any atom is -0.423 e. The Morgan fingerprint density at radius 3 is 2.76 bits per heavy atom. The highest BCUT2D eigenvalue weighted by molar-refractivity contribution is 5.80. The number of carbonyl (C=O) groups is 1. The summed E-state index contributed by atoms with van der Waals surface area (Å²) < 4.78 is 6.48. The van der Waals surface area contributed by atoms with Crippen LogP contribution in [0.2, 0.25) is 0 Å². The van der Waals surface area contributed by atoms with E-state index in [9.17, 15) is 9.59 Å². The zero-order valence-corrected chi connectivity index (χ0v) is 9.13. The molecule has 1 saturated carbocycles. The average molecular weight is 229 g/mol. The lowest BCUT2D eigenvalue weighted by atomic mass is 10.2. The molecule has 1 heterocycles. The Kier molecular flexibility index (Phi) is 2.21. The first-order valence-electron chi connectivity index (χ1n) is 5.56. The molecular weight excluding hydrogens is 218 g/mol. The van der Waals surface area contributed by atoms with E-state index in [0.29, 0.717) is 6.47 Å². The van der Waals surface area contributed by atoms with Crippen LogP contribution in [0.4, 0.5) is 0 Å². The van der Waals surface area contributed by atoms with Crippen LogP contribution in [0, 0.1) is 0 Å². The van der Waals surface area contributed by atoms with Gasteiger partial charge in [0.25, 0.3) is 12.0 Å². The first-order chi connectivity index (χ1) is 8.31. The minimum absolute atomic E-state index is 0.102. The molecule has 1 aromatic carbocycles. The van der Waals surface area contributed by atoms with Crippen molar-refractivity contribution in [2.45, 2.75) is 18.9 Å². The quantitative estimate of drug-likeness (QED) is 0.755. The van der Waals surface area contributed by atoms with Crippen molar-refractivity contribution < 1.29 is 9.53 Å². The van der Waals surface area contributed by atoms with Gasteiger partial charge in [-0.15, -0.1) is 0 Å². The van der Waals surface area contributed by atoms with Crippen LogP contribution < -0.4 is 10.3 Å². The molecule has 4 heteroatoms. The van der Waals surface area contributed by atoms with Crippen LogP contribution in [0.5, 0.6) is 5.75 Å². The molecule has 1 aromatic heterocycles. The van der Waals surface area contributed by atoms with Gasteiger partial charge in [-0.2, -0.15) is 0 Å². The van der Waals surface area contributed by atoms with Gasteiger partial charge in [-0.3, -0.25) is 9.59 Å². The third-order valence-electron chi connectivity index (χ3n) is 3.00. The van der Waals surface area contributed by atoms with Gasteiger partial charge in [-0.05, 0) is 25.0 Å². The molecule has 0 atom stereocenters. The average Bonchev–Trinajstić information content (AvgIpc) is 3.15. The van der Waals surface area contributed by atoms with Crippen LogP contribution in [0.3, 0.4) is 0 Å². The fraction of sp³-hybridized carbons (Fsp3) is 0.231. The predicted molar refractivity (Wildman–Crippen MR) is 63.2 cm³/mol. The molecule has 1 aliphatic rings. The standard InChI is InChI=1S/C13H11NO3/c15-8-17-12-7-9-3-1-2-4-11(9)14(13(12)16)10-5-6-10/h1-4,7-8,10H,5-6H2. The second kappa shape index (κ2) is 3.73. The van der Waals surface area contributed by atoms with Gasteiger partial charge in [-0.25, -0.2) is 0 Å². The molecule has 0 spiro atoms. The van der Waals surface area contributed by atoms with Crippen molar-refractivity contribution in [1.82, 2.24) is 4.57 Å². The summed E-state index contributed by atoms with van der Waals surface area (Å²) in [5, 5.41) is 0.913. The molecule has 1 fully saturated rings. The number of nitrogens with zero attached hydrogens (tertiary/aromatic N) is 1. The van der Waals surface area contributed by atoms with Crippen molar-refractivity contribution in [2.75, 3.05) is 0 Å². The molecule has 0 amide bonds. The van der Waals surface area contributed by atoms with Crippen LogP contribution in [0.25, 0.3) is 10.9 Å². The summed E-state index contributed by atoms with van der Waals surface area (Å²) in [6.45, 7) is 0.294. The summed E-state index contributed by atoms with van der Waals surface area (Å²) in [4.78, 5) is 22.5. The number of benzene rings is 1. The highest BCUT2D eigenvalue weighted by atomic mass is 16.5. The number of para-hydroxylation sites is 1. The summed E-state index contributed by atoms with van der Waals surface area (Å²) in [5.41, 5.74) is 0.677. The first-order valence-corrected chi connectivity index (χ1v) is 5.56. The normalized spacial score (nSPS) is 14.8. The van der Waals surface area contributed by atoms with E-state index in [1.807, 2.05) is 24.3 Å². The molecule has 0 unspecified atom stereocenters. The van der Waals surface area contributed by atoms with Crippen LogP contribution in [0.1, 0.15) is 18.9 Å². The Hall–Kier alpha value is -2.10. The number of fused-ring (bicyclic) bond motifs is 1. The second-order valence-corrected chi connectivity index (χ2v) is 4.19. The SMILES string of the molecule is O=COc1cc2ccccc2n(C2CC2)c1=O. The molecule has 0 radical (unpaired) electrons. The van der Waals surface area contributed by atoms with Crippen molar-refractivity contribution in [2.24, 2.45) is 0 Å². The maximum atomic E-state index is 12.1. The number of aromatic nitrogens is 1. The fourth-order valence-electron chi connectivity index (χ4n) is 2.09. The van der Waals surface area contributed by atoms with E-state index in [2.05, 4.69) is 0 Å². The van der Waals surface area contributed by atoms with E-state index >= 15 is 0 Å². The lowest BCUT2D eigenvalue weighted by Crippen LogP contribution is -2.21. The molecule has 3 rings (SSSR count). The Morgan fingerprint density at radius 2 is 2.06 bits per heavy atom. The largest absolute Gasteiger partial charge is 0.423 e. The fourth-order valence-corrected chi connectivity index (χ4v) is 2.09. The molecule has 1 aliphatic carbocycles. The van der Waals surface area contributed by atoms with Gasteiger partial charge in [0, 0.05) is 11.4 Å². The van der Waals surface area contributed by atoms with Gasteiger partial charge >= 0.3 is 0 Å². The monoisotopic (exact) mass is 229 g/mol. The van der Waals surface area contributed by atoms with Crippen LogP contribution in [0.15, 0.2) is 35.1 Å². The van der Waals surface area contributed by atoms with Crippen LogP contribution >= 0.6 is 0 Å². The smallest absolute Gasteiger partial charge is 0.298 e. The predicted octanol–water partition coefficient (Wildman–Crippen LogP) is 1.87. The maximum absolute atomic E-state index is 12.1. The number of carbonyl (C=O) groups excluding carboxylic acids is 1. The Balaban J connectivity index is 2.35. The molecule has 0 N–H and O–H groups in total. The highest BCUT2D eigenvalue weighted by Gasteiger charge is 2.27. The molecule has 0 bridgehead atoms. The van der Waals surface area contributed by atoms with Crippen LogP contribution in [-0.2, 0) is 4.79 Å². The lowest BCUT2D eigenvalue weighted by molar-refractivity contribution is -0.120. The van der Waals surface area contributed by atoms with Crippen molar-refractivity contribution in [3.63, 3.8) is 0 Å². The molecule has 17 heavy (non-hydrogen) atoms. The molecule has 86 valence electrons. The van der Waals surface area contributed by atoms with Crippen molar-refractivity contribution in [3.05, 3.63) is 40.7 Å². The number of hydrogen-bond donors (Lipinski definition) is 0. The third kappa shape index (κ3) is 1.62. The van der Waals surface area contributed by atoms with E-state index in [1.165, 1.54) is 0 Å². The zero-order chi connectivity index (χ0) is 11.8. The summed E-state index contributed by atoms with van der Waals surface area (Å²) in [7, 11) is 0. The molecule has 4 nitrogen and oxygen atoms in total. The van der Waals surface area contributed by atoms with Crippen molar-refractivity contribution >= 4 is 17.4 Å². The van der Waals surface area contributed by atoms with E-state index in [1.54, 1.807) is 10.6 Å². The molecule has 2 aromatic rings. The Bertz CT molecular complexity index is 641. The van der Waals surface area contributed by atoms with Crippen LogP contribution in [-0.4, -0.2) is 11.0 Å². The van der Waals surface area contributed by atoms with Gasteiger partial charge in [-0.1, -0.05) is 18.2 Å². The Morgan fingerprint density at radius 1 is 1.29 bits per heavy atom. The van der Waals surface area contributed by atoms with Gasteiger partial charge in [0.05, 0.1) is 5.52 Å². The zero-order valence-electron chi connectivity index (χ0n) is 9.13. The first kappa shape index (κ1) is 10.1. The second-order valence-electron chi connectivity index (χ2n) is 4.19. The maximum Gasteiger partial charge on any atom is 0.298 e. The molecule has 0 saturated heterocycles. The number of pyridine rings is 1. The summed E-state index contributed by atoms with van der Waals surface area (Å²) in [6.07, 6.45) is 2.02. The number of ether oxygens (including phenoxy) is 1. The number of rotatable bonds is 3. The number of hydrogen-bond acceptors (Lipinski definition) is 3.